The van der Waals surface area contributed by atoms with Crippen LogP contribution >= 0.6 is 0 Å². The molecule has 0 saturated heterocycles. The Balaban J connectivity index is 1.94. The summed E-state index contributed by atoms with van der Waals surface area (Å²) in [5.74, 6) is -0.945. The molecule has 2 aromatic carbocycles. The molecule has 23 heavy (non-hydrogen) atoms. The molecule has 0 fully saturated rings. The molecule has 1 aliphatic rings. The number of carbonyl (C=O) groups excluding carboxylic acids is 2. The molecule has 0 unspecified atom stereocenters. The summed E-state index contributed by atoms with van der Waals surface area (Å²) in [6.45, 7) is -0.511. The van der Waals surface area contributed by atoms with Crippen molar-refractivity contribution in [2.24, 2.45) is 0 Å². The highest BCUT2D eigenvalue weighted by atomic mass is 16.3. The van der Waals surface area contributed by atoms with Crippen LogP contribution in [0.2, 0.25) is 0 Å². The zero-order valence-electron chi connectivity index (χ0n) is 12.3. The van der Waals surface area contributed by atoms with Crippen LogP contribution in [0.1, 0.15) is 5.56 Å². The number of benzene rings is 2. The topological polar surface area (TPSA) is 89.9 Å². The van der Waals surface area contributed by atoms with Crippen LogP contribution in [0.15, 0.2) is 48.2 Å². The summed E-state index contributed by atoms with van der Waals surface area (Å²) in [4.78, 5) is 24.9. The van der Waals surface area contributed by atoms with Gasteiger partial charge < -0.3 is 15.5 Å². The molecule has 0 aliphatic carbocycles. The summed E-state index contributed by atoms with van der Waals surface area (Å²) in [5, 5.41) is 23.3. The fraction of sp³-hybridized carbons (Fsp3) is 0.176. The van der Waals surface area contributed by atoms with Crippen molar-refractivity contribution in [3.05, 3.63) is 53.7 Å². The average molecular weight is 312 g/mol. The summed E-state index contributed by atoms with van der Waals surface area (Å²) in [5.41, 5.74) is 1.34. The largest absolute Gasteiger partial charge is 0.395 e. The number of aliphatic hydroxyl groups is 2. The number of imide groups is 1. The molecule has 0 atom stereocenters. The second-order valence-electron chi connectivity index (χ2n) is 5.22. The third-order valence-electron chi connectivity index (χ3n) is 3.74. The van der Waals surface area contributed by atoms with Gasteiger partial charge in [0, 0.05) is 17.3 Å². The van der Waals surface area contributed by atoms with Gasteiger partial charge >= 0.3 is 0 Å². The first-order valence-corrected chi connectivity index (χ1v) is 7.22. The van der Waals surface area contributed by atoms with Crippen molar-refractivity contribution in [2.45, 2.75) is 6.61 Å². The van der Waals surface area contributed by atoms with Crippen molar-refractivity contribution in [2.75, 3.05) is 18.5 Å². The van der Waals surface area contributed by atoms with Crippen molar-refractivity contribution in [3.8, 4) is 0 Å². The van der Waals surface area contributed by atoms with E-state index in [-0.39, 0.29) is 25.5 Å². The highest BCUT2D eigenvalue weighted by Crippen LogP contribution is 2.26. The smallest absolute Gasteiger partial charge is 0.277 e. The van der Waals surface area contributed by atoms with E-state index in [0.717, 1.165) is 15.7 Å². The lowest BCUT2D eigenvalue weighted by molar-refractivity contribution is -0.137. The number of aliphatic hydroxyl groups excluding tert-OH is 2. The van der Waals surface area contributed by atoms with E-state index in [2.05, 4.69) is 5.32 Å². The summed E-state index contributed by atoms with van der Waals surface area (Å²) >= 11 is 0. The SMILES string of the molecule is O=C1C=C(Nc2cc3ccccc3cc2CO)C(=O)N1CCO. The fourth-order valence-electron chi connectivity index (χ4n) is 2.59. The number of nitrogens with one attached hydrogen (secondary N) is 1. The minimum Gasteiger partial charge on any atom is -0.395 e. The van der Waals surface area contributed by atoms with Gasteiger partial charge in [-0.1, -0.05) is 24.3 Å². The van der Waals surface area contributed by atoms with Crippen LogP contribution in [0, 0.1) is 0 Å². The maximum absolute atomic E-state index is 12.2. The molecule has 6 heteroatoms. The van der Waals surface area contributed by atoms with Crippen LogP contribution in [-0.4, -0.2) is 40.1 Å². The molecule has 0 spiro atoms. The lowest BCUT2D eigenvalue weighted by atomic mass is 10.0. The quantitative estimate of drug-likeness (QED) is 0.716. The van der Waals surface area contributed by atoms with Crippen molar-refractivity contribution >= 4 is 28.3 Å². The number of carbonyl (C=O) groups is 2. The Bertz CT molecular complexity index is 813. The fourth-order valence-corrected chi connectivity index (χ4v) is 2.59. The van der Waals surface area contributed by atoms with Crippen molar-refractivity contribution < 1.29 is 19.8 Å². The number of hydrogen-bond donors (Lipinski definition) is 3. The first kappa shape index (κ1) is 15.2. The first-order chi connectivity index (χ1) is 11.1. The lowest BCUT2D eigenvalue weighted by Gasteiger charge is -2.15. The van der Waals surface area contributed by atoms with Crippen molar-refractivity contribution in [1.29, 1.82) is 0 Å². The van der Waals surface area contributed by atoms with Crippen LogP contribution in [-0.2, 0) is 16.2 Å². The molecule has 2 aromatic rings. The Morgan fingerprint density at radius 1 is 1.04 bits per heavy atom. The average Bonchev–Trinajstić information content (AvgIpc) is 2.82. The van der Waals surface area contributed by atoms with Gasteiger partial charge in [-0.25, -0.2) is 0 Å². The van der Waals surface area contributed by atoms with Crippen LogP contribution < -0.4 is 5.32 Å². The molecule has 118 valence electrons. The third-order valence-corrected chi connectivity index (χ3v) is 3.74. The molecule has 0 saturated carbocycles. The molecule has 6 nitrogen and oxygen atoms in total. The van der Waals surface area contributed by atoms with Crippen LogP contribution in [0.4, 0.5) is 5.69 Å². The van der Waals surface area contributed by atoms with Gasteiger partial charge in [0.1, 0.15) is 5.70 Å². The van der Waals surface area contributed by atoms with Gasteiger partial charge in [0.2, 0.25) is 0 Å². The Kier molecular flexibility index (Phi) is 4.10. The van der Waals surface area contributed by atoms with Gasteiger partial charge in [0.25, 0.3) is 11.8 Å². The number of anilines is 1. The lowest BCUT2D eigenvalue weighted by Crippen LogP contribution is -2.34. The molecule has 3 N–H and O–H groups in total. The van der Waals surface area contributed by atoms with Crippen molar-refractivity contribution in [1.82, 2.24) is 4.90 Å². The second-order valence-corrected chi connectivity index (χ2v) is 5.22. The minimum atomic E-state index is -0.485. The molecule has 1 heterocycles. The Hall–Kier alpha value is -2.70. The van der Waals surface area contributed by atoms with Crippen molar-refractivity contribution in [3.63, 3.8) is 0 Å². The zero-order chi connectivity index (χ0) is 16.4. The zero-order valence-corrected chi connectivity index (χ0v) is 12.3. The van der Waals surface area contributed by atoms with Crippen LogP contribution in [0.25, 0.3) is 10.8 Å². The van der Waals surface area contributed by atoms with E-state index < -0.39 is 11.8 Å². The number of rotatable bonds is 5. The normalized spacial score (nSPS) is 14.5. The molecule has 2 amide bonds. The first-order valence-electron chi connectivity index (χ1n) is 7.22. The summed E-state index contributed by atoms with van der Waals surface area (Å²) in [6, 6.07) is 11.3. The maximum Gasteiger partial charge on any atom is 0.277 e. The summed E-state index contributed by atoms with van der Waals surface area (Å²) < 4.78 is 0. The van der Waals surface area contributed by atoms with E-state index in [9.17, 15) is 14.7 Å². The van der Waals surface area contributed by atoms with E-state index in [0.29, 0.717) is 11.3 Å². The van der Waals surface area contributed by atoms with E-state index in [1.165, 1.54) is 6.08 Å². The molecular weight excluding hydrogens is 296 g/mol. The van der Waals surface area contributed by atoms with E-state index in [1.54, 1.807) is 0 Å². The monoisotopic (exact) mass is 312 g/mol. The van der Waals surface area contributed by atoms with Gasteiger partial charge in [0.15, 0.2) is 0 Å². The predicted molar refractivity (Wildman–Crippen MR) is 85.4 cm³/mol. The number of hydrogen-bond acceptors (Lipinski definition) is 5. The second kappa shape index (κ2) is 6.20. The van der Waals surface area contributed by atoms with Gasteiger partial charge in [-0.15, -0.1) is 0 Å². The maximum atomic E-state index is 12.2. The highest BCUT2D eigenvalue weighted by Gasteiger charge is 2.30. The highest BCUT2D eigenvalue weighted by molar-refractivity contribution is 6.17. The van der Waals surface area contributed by atoms with Crippen LogP contribution in [0.5, 0.6) is 0 Å². The Morgan fingerprint density at radius 2 is 1.74 bits per heavy atom. The van der Waals surface area contributed by atoms with E-state index >= 15 is 0 Å². The van der Waals surface area contributed by atoms with Gasteiger partial charge in [0.05, 0.1) is 19.8 Å². The molecule has 1 aliphatic heterocycles. The molecule has 0 radical (unpaired) electrons. The Morgan fingerprint density at radius 3 is 2.39 bits per heavy atom. The van der Waals surface area contributed by atoms with Gasteiger partial charge in [-0.2, -0.15) is 0 Å². The van der Waals surface area contributed by atoms with E-state index in [4.69, 9.17) is 5.11 Å². The summed E-state index contributed by atoms with van der Waals surface area (Å²) in [7, 11) is 0. The number of nitrogens with zero attached hydrogens (tertiary/aromatic N) is 1. The predicted octanol–water partition coefficient (Wildman–Crippen LogP) is 0.989. The Labute approximate surface area is 132 Å². The molecular formula is C17H16N2O4. The molecule has 3 rings (SSSR count). The number of amides is 2. The third kappa shape index (κ3) is 2.81. The van der Waals surface area contributed by atoms with E-state index in [1.807, 2.05) is 36.4 Å². The number of β-amino-alcohol motifs (C(OH)–C–C–N with tert-alkyl or cyclic N) is 1. The summed E-state index contributed by atoms with van der Waals surface area (Å²) in [6.07, 6.45) is 1.20. The molecule has 0 bridgehead atoms. The van der Waals surface area contributed by atoms with Gasteiger partial charge in [-0.05, 0) is 22.9 Å². The number of fused-ring (bicyclic) bond motifs is 1. The standard InChI is InChI=1S/C17H16N2O4/c20-6-5-19-16(22)9-15(17(19)23)18-14-8-12-4-2-1-3-11(12)7-13(14)10-21/h1-4,7-9,18,20-21H,5-6,10H2. The minimum absolute atomic E-state index is 0.0378. The van der Waals surface area contributed by atoms with Crippen LogP contribution in [0.3, 0.4) is 0 Å². The molecule has 0 aromatic heterocycles. The van der Waals surface area contributed by atoms with Gasteiger partial charge in [-0.3, -0.25) is 14.5 Å².